The summed E-state index contributed by atoms with van der Waals surface area (Å²) in [6.45, 7) is 2.00. The Hall–Kier alpha value is -2.37. The summed E-state index contributed by atoms with van der Waals surface area (Å²) in [5.41, 5.74) is 1.42. The van der Waals surface area contributed by atoms with E-state index in [0.717, 1.165) is 4.21 Å². The van der Waals surface area contributed by atoms with Crippen LogP contribution in [0.5, 0.6) is 11.5 Å². The first-order valence-electron chi connectivity index (χ1n) is 7.36. The van der Waals surface area contributed by atoms with E-state index in [1.54, 1.807) is 39.3 Å². The van der Waals surface area contributed by atoms with Gasteiger partial charge in [0.05, 0.1) is 36.4 Å². The van der Waals surface area contributed by atoms with Gasteiger partial charge >= 0.3 is 5.97 Å². The quantitative estimate of drug-likeness (QED) is 0.569. The van der Waals surface area contributed by atoms with Crippen LogP contribution in [0.4, 0.5) is 11.4 Å². The minimum Gasteiger partial charge on any atom is -0.497 e. The van der Waals surface area contributed by atoms with Gasteiger partial charge in [0.25, 0.3) is 0 Å². The average molecular weight is 378 g/mol. The number of nitriles is 1. The monoisotopic (exact) mass is 378 g/mol. The van der Waals surface area contributed by atoms with E-state index < -0.39 is 5.97 Å². The SMILES string of the molecule is CCOC(=O)c1sc(SC)c(C#N)c1Nc1cc(OC)ccc1OC. The number of thiophene rings is 1. The van der Waals surface area contributed by atoms with Gasteiger partial charge < -0.3 is 19.5 Å². The van der Waals surface area contributed by atoms with Gasteiger partial charge in [-0.15, -0.1) is 23.1 Å². The molecule has 0 saturated carbocycles. The minimum absolute atomic E-state index is 0.259. The van der Waals surface area contributed by atoms with E-state index in [4.69, 9.17) is 14.2 Å². The Morgan fingerprint density at radius 3 is 2.68 bits per heavy atom. The Bertz CT molecular complexity index is 812. The van der Waals surface area contributed by atoms with Gasteiger partial charge in [-0.2, -0.15) is 5.26 Å². The molecule has 6 nitrogen and oxygen atoms in total. The molecule has 0 aliphatic heterocycles. The van der Waals surface area contributed by atoms with Gasteiger partial charge in [0.2, 0.25) is 0 Å². The third kappa shape index (κ3) is 4.00. The van der Waals surface area contributed by atoms with Crippen molar-refractivity contribution in [2.24, 2.45) is 0 Å². The Kier molecular flexibility index (Phi) is 6.56. The van der Waals surface area contributed by atoms with E-state index >= 15 is 0 Å². The van der Waals surface area contributed by atoms with Gasteiger partial charge in [-0.3, -0.25) is 0 Å². The van der Waals surface area contributed by atoms with Gasteiger partial charge in [-0.25, -0.2) is 4.79 Å². The molecule has 1 N–H and O–H groups in total. The third-order valence-electron chi connectivity index (χ3n) is 3.30. The van der Waals surface area contributed by atoms with Crippen molar-refractivity contribution < 1.29 is 19.0 Å². The van der Waals surface area contributed by atoms with Crippen LogP contribution in [-0.2, 0) is 4.74 Å². The van der Waals surface area contributed by atoms with Gasteiger partial charge in [0.15, 0.2) is 0 Å². The Morgan fingerprint density at radius 1 is 1.36 bits per heavy atom. The van der Waals surface area contributed by atoms with Gasteiger partial charge in [0.1, 0.15) is 28.0 Å². The summed E-state index contributed by atoms with van der Waals surface area (Å²) in [6.07, 6.45) is 1.86. The van der Waals surface area contributed by atoms with Crippen LogP contribution in [0.15, 0.2) is 22.4 Å². The Balaban J connectivity index is 2.56. The van der Waals surface area contributed by atoms with Gasteiger partial charge in [0, 0.05) is 6.07 Å². The number of thioether (sulfide) groups is 1. The number of hydrogen-bond donors (Lipinski definition) is 1. The average Bonchev–Trinajstić information content (AvgIpc) is 2.99. The number of hydrogen-bond acceptors (Lipinski definition) is 8. The molecule has 0 fully saturated rings. The fraction of sp³-hybridized carbons (Fsp3) is 0.294. The van der Waals surface area contributed by atoms with Crippen molar-refractivity contribution in [3.63, 3.8) is 0 Å². The molecule has 8 heteroatoms. The second-order valence-electron chi connectivity index (χ2n) is 4.70. The molecule has 0 amide bonds. The van der Waals surface area contributed by atoms with Crippen LogP contribution >= 0.6 is 23.1 Å². The number of rotatable bonds is 7. The molecule has 0 spiro atoms. The normalized spacial score (nSPS) is 10.0. The second-order valence-corrected chi connectivity index (χ2v) is 6.79. The molecule has 0 aliphatic rings. The summed E-state index contributed by atoms with van der Waals surface area (Å²) in [6, 6.07) is 7.42. The molecule has 0 saturated heterocycles. The van der Waals surface area contributed by atoms with Crippen LogP contribution in [-0.4, -0.2) is 33.1 Å². The second kappa shape index (κ2) is 8.65. The van der Waals surface area contributed by atoms with Gasteiger partial charge in [-0.05, 0) is 25.3 Å². The fourth-order valence-corrected chi connectivity index (χ4v) is 3.93. The van der Waals surface area contributed by atoms with Crippen molar-refractivity contribution in [2.75, 3.05) is 32.4 Å². The number of esters is 1. The minimum atomic E-state index is -0.464. The third-order valence-corrected chi connectivity index (χ3v) is 5.59. The predicted octanol–water partition coefficient (Wildman–Crippen LogP) is 4.28. The van der Waals surface area contributed by atoms with Crippen molar-refractivity contribution in [3.8, 4) is 17.6 Å². The van der Waals surface area contributed by atoms with E-state index in [-0.39, 0.29) is 6.61 Å². The lowest BCUT2D eigenvalue weighted by atomic mass is 10.2. The molecule has 0 atom stereocenters. The first-order valence-corrected chi connectivity index (χ1v) is 9.40. The maximum atomic E-state index is 12.3. The summed E-state index contributed by atoms with van der Waals surface area (Å²) in [5, 5.41) is 12.7. The highest BCUT2D eigenvalue weighted by molar-refractivity contribution is 8.00. The molecule has 2 aromatic rings. The largest absolute Gasteiger partial charge is 0.497 e. The Morgan fingerprint density at radius 2 is 2.12 bits per heavy atom. The summed E-state index contributed by atoms with van der Waals surface area (Å²) in [4.78, 5) is 12.7. The van der Waals surface area contributed by atoms with Crippen LogP contribution in [0, 0.1) is 11.3 Å². The summed E-state index contributed by atoms with van der Waals surface area (Å²) < 4.78 is 16.5. The van der Waals surface area contributed by atoms with Crippen LogP contribution < -0.4 is 14.8 Å². The number of ether oxygens (including phenoxy) is 3. The van der Waals surface area contributed by atoms with E-state index in [0.29, 0.717) is 33.3 Å². The van der Waals surface area contributed by atoms with E-state index in [2.05, 4.69) is 11.4 Å². The molecule has 1 heterocycles. The number of carbonyl (C=O) groups is 1. The lowest BCUT2D eigenvalue weighted by molar-refractivity contribution is 0.0533. The smallest absolute Gasteiger partial charge is 0.350 e. The zero-order chi connectivity index (χ0) is 18.4. The molecule has 0 bridgehead atoms. The fourth-order valence-electron chi connectivity index (χ4n) is 2.16. The highest BCUT2D eigenvalue weighted by Gasteiger charge is 2.24. The van der Waals surface area contributed by atoms with Crippen LogP contribution in [0.1, 0.15) is 22.2 Å². The maximum absolute atomic E-state index is 12.3. The zero-order valence-electron chi connectivity index (χ0n) is 14.3. The highest BCUT2D eigenvalue weighted by atomic mass is 32.2. The van der Waals surface area contributed by atoms with E-state index in [1.165, 1.54) is 23.1 Å². The molecule has 1 aromatic heterocycles. The molecule has 0 aliphatic carbocycles. The number of benzene rings is 1. The molecule has 0 unspecified atom stereocenters. The van der Waals surface area contributed by atoms with Crippen LogP contribution in [0.3, 0.4) is 0 Å². The van der Waals surface area contributed by atoms with Crippen LogP contribution in [0.25, 0.3) is 0 Å². The standard InChI is InChI=1S/C17H18N2O4S2/c1-5-23-16(20)15-14(11(9-18)17(24-4)25-15)19-12-8-10(21-2)6-7-13(12)22-3/h6-8,19H,5H2,1-4H3. The molecule has 132 valence electrons. The van der Waals surface area contributed by atoms with E-state index in [1.807, 2.05) is 6.26 Å². The number of carbonyl (C=O) groups excluding carboxylic acids is 1. The highest BCUT2D eigenvalue weighted by Crippen LogP contribution is 2.42. The van der Waals surface area contributed by atoms with E-state index in [9.17, 15) is 10.1 Å². The van der Waals surface area contributed by atoms with Crippen molar-refractivity contribution >= 4 is 40.4 Å². The van der Waals surface area contributed by atoms with Crippen molar-refractivity contribution in [3.05, 3.63) is 28.6 Å². The lowest BCUT2D eigenvalue weighted by Gasteiger charge is -2.13. The summed E-state index contributed by atoms with van der Waals surface area (Å²) in [5.74, 6) is 0.727. The first-order chi connectivity index (χ1) is 12.1. The molecule has 2 rings (SSSR count). The summed E-state index contributed by atoms with van der Waals surface area (Å²) in [7, 11) is 3.11. The molecule has 1 aromatic carbocycles. The van der Waals surface area contributed by atoms with Crippen molar-refractivity contribution in [1.82, 2.24) is 0 Å². The van der Waals surface area contributed by atoms with Crippen molar-refractivity contribution in [2.45, 2.75) is 11.1 Å². The molecule has 0 radical (unpaired) electrons. The number of nitrogens with one attached hydrogen (secondary N) is 1. The molecule has 25 heavy (non-hydrogen) atoms. The van der Waals surface area contributed by atoms with Crippen molar-refractivity contribution in [1.29, 1.82) is 5.26 Å². The van der Waals surface area contributed by atoms with Crippen LogP contribution in [0.2, 0.25) is 0 Å². The number of methoxy groups -OCH3 is 2. The molecular formula is C17H18N2O4S2. The zero-order valence-corrected chi connectivity index (χ0v) is 16.0. The van der Waals surface area contributed by atoms with Gasteiger partial charge in [-0.1, -0.05) is 0 Å². The topological polar surface area (TPSA) is 80.6 Å². The maximum Gasteiger partial charge on any atom is 0.350 e. The first kappa shape index (κ1) is 19.0. The number of anilines is 2. The lowest BCUT2D eigenvalue weighted by Crippen LogP contribution is -2.06. The Labute approximate surface area is 154 Å². The predicted molar refractivity (Wildman–Crippen MR) is 99.6 cm³/mol. The molecular weight excluding hydrogens is 360 g/mol. The summed E-state index contributed by atoms with van der Waals surface area (Å²) >= 11 is 2.64. The number of nitrogens with zero attached hydrogens (tertiary/aromatic N) is 1.